The van der Waals surface area contributed by atoms with Crippen LogP contribution in [0.2, 0.25) is 0 Å². The Morgan fingerprint density at radius 3 is 2.81 bits per heavy atom. The molecule has 108 valence electrons. The van der Waals surface area contributed by atoms with Gasteiger partial charge in [0.15, 0.2) is 0 Å². The third-order valence-electron chi connectivity index (χ3n) is 2.98. The van der Waals surface area contributed by atoms with Gasteiger partial charge in [0, 0.05) is 18.3 Å². The van der Waals surface area contributed by atoms with Crippen LogP contribution in [0.5, 0.6) is 5.75 Å². The topological polar surface area (TPSA) is 68.5 Å². The Kier molecular flexibility index (Phi) is 3.57. The average Bonchev–Trinajstić information content (AvgIpc) is 2.89. The van der Waals surface area contributed by atoms with E-state index in [2.05, 4.69) is 15.4 Å². The first-order valence-corrected chi connectivity index (χ1v) is 7.22. The van der Waals surface area contributed by atoms with E-state index in [1.165, 1.54) is 21.9 Å². The van der Waals surface area contributed by atoms with Crippen LogP contribution in [0, 0.1) is 6.92 Å². The Morgan fingerprint density at radius 2 is 2.10 bits per heavy atom. The Balaban J connectivity index is 1.78. The van der Waals surface area contributed by atoms with Gasteiger partial charge in [0.25, 0.3) is 5.56 Å². The maximum atomic E-state index is 11.8. The molecule has 0 bridgehead atoms. The Hall–Kier alpha value is -2.41. The number of ether oxygens (including phenoxy) is 1. The molecule has 0 aliphatic heterocycles. The van der Waals surface area contributed by atoms with Crippen molar-refractivity contribution in [1.29, 1.82) is 0 Å². The Labute approximate surface area is 125 Å². The van der Waals surface area contributed by atoms with E-state index in [9.17, 15) is 4.79 Å². The third-order valence-corrected chi connectivity index (χ3v) is 3.84. The summed E-state index contributed by atoms with van der Waals surface area (Å²) in [6.07, 6.45) is 0. The second-order valence-corrected chi connectivity index (χ2v) is 5.49. The molecule has 0 saturated heterocycles. The van der Waals surface area contributed by atoms with E-state index in [1.807, 2.05) is 24.3 Å². The average molecular weight is 302 g/mol. The lowest BCUT2D eigenvalue weighted by Crippen LogP contribution is -2.14. The van der Waals surface area contributed by atoms with Crippen LogP contribution in [0.4, 0.5) is 5.13 Å². The lowest BCUT2D eigenvalue weighted by molar-refractivity contribution is 0.414. The van der Waals surface area contributed by atoms with Crippen LogP contribution >= 0.6 is 11.3 Å². The molecule has 7 heteroatoms. The monoisotopic (exact) mass is 302 g/mol. The van der Waals surface area contributed by atoms with Crippen LogP contribution in [0.3, 0.4) is 0 Å². The molecule has 0 aliphatic rings. The molecule has 1 aromatic carbocycles. The lowest BCUT2D eigenvalue weighted by atomic mass is 10.2. The number of aryl methyl sites for hydroxylation is 1. The van der Waals surface area contributed by atoms with Crippen LogP contribution in [-0.4, -0.2) is 21.7 Å². The van der Waals surface area contributed by atoms with E-state index in [0.29, 0.717) is 22.3 Å². The van der Waals surface area contributed by atoms with Crippen molar-refractivity contribution >= 4 is 21.4 Å². The summed E-state index contributed by atoms with van der Waals surface area (Å²) >= 11 is 1.36. The molecule has 2 aromatic heterocycles. The second-order valence-electron chi connectivity index (χ2n) is 4.54. The van der Waals surface area contributed by atoms with Crippen LogP contribution in [0.1, 0.15) is 11.3 Å². The molecule has 0 spiro atoms. The van der Waals surface area contributed by atoms with Crippen molar-refractivity contribution in [1.82, 2.24) is 14.6 Å². The number of aromatic nitrogens is 3. The quantitative estimate of drug-likeness (QED) is 0.799. The van der Waals surface area contributed by atoms with Crippen LogP contribution in [-0.2, 0) is 6.54 Å². The molecule has 21 heavy (non-hydrogen) atoms. The first kappa shape index (κ1) is 13.6. The zero-order valence-electron chi connectivity index (χ0n) is 11.7. The van der Waals surface area contributed by atoms with Crippen molar-refractivity contribution in [3.05, 3.63) is 51.9 Å². The lowest BCUT2D eigenvalue weighted by Gasteiger charge is -2.03. The van der Waals surface area contributed by atoms with Gasteiger partial charge in [-0.25, -0.2) is 4.98 Å². The molecular formula is C14H14N4O2S. The molecule has 3 rings (SSSR count). The number of rotatable bonds is 4. The second kappa shape index (κ2) is 5.53. The highest BCUT2D eigenvalue weighted by molar-refractivity contribution is 7.20. The summed E-state index contributed by atoms with van der Waals surface area (Å²) in [4.78, 5) is 16.7. The van der Waals surface area contributed by atoms with Crippen molar-refractivity contribution < 1.29 is 4.74 Å². The fourth-order valence-corrected chi connectivity index (χ4v) is 2.76. The minimum Gasteiger partial charge on any atom is -0.497 e. The summed E-state index contributed by atoms with van der Waals surface area (Å²) in [7, 11) is 1.64. The van der Waals surface area contributed by atoms with E-state index in [0.717, 1.165) is 11.3 Å². The van der Waals surface area contributed by atoms with Crippen LogP contribution < -0.4 is 15.6 Å². The molecule has 0 atom stereocenters. The van der Waals surface area contributed by atoms with Crippen molar-refractivity contribution in [3.8, 4) is 5.75 Å². The van der Waals surface area contributed by atoms with Gasteiger partial charge in [0.2, 0.25) is 10.1 Å². The third kappa shape index (κ3) is 2.87. The summed E-state index contributed by atoms with van der Waals surface area (Å²) < 4.78 is 6.43. The molecule has 0 saturated carbocycles. The molecule has 0 fully saturated rings. The summed E-state index contributed by atoms with van der Waals surface area (Å²) in [6.45, 7) is 2.42. The normalized spacial score (nSPS) is 10.8. The molecule has 6 nitrogen and oxygen atoms in total. The van der Waals surface area contributed by atoms with Crippen molar-refractivity contribution in [2.75, 3.05) is 12.4 Å². The molecule has 0 aliphatic carbocycles. The largest absolute Gasteiger partial charge is 0.497 e. The molecule has 0 radical (unpaired) electrons. The minimum atomic E-state index is -0.161. The van der Waals surface area contributed by atoms with E-state index < -0.39 is 0 Å². The fourth-order valence-electron chi connectivity index (χ4n) is 1.91. The Bertz CT molecular complexity index is 823. The number of hydrogen-bond donors (Lipinski definition) is 1. The smallest absolute Gasteiger partial charge is 0.275 e. The number of methoxy groups -OCH3 is 1. The Morgan fingerprint density at radius 1 is 1.33 bits per heavy atom. The predicted octanol–water partition coefficient (Wildman–Crippen LogP) is 2.08. The summed E-state index contributed by atoms with van der Waals surface area (Å²) in [5.74, 6) is 0.824. The van der Waals surface area contributed by atoms with E-state index in [-0.39, 0.29) is 5.56 Å². The van der Waals surface area contributed by atoms with Crippen LogP contribution in [0.15, 0.2) is 35.1 Å². The number of fused-ring (bicyclic) bond motifs is 1. The van der Waals surface area contributed by atoms with Gasteiger partial charge < -0.3 is 10.1 Å². The fraction of sp³-hybridized carbons (Fsp3) is 0.214. The number of anilines is 1. The highest BCUT2D eigenvalue weighted by Gasteiger charge is 2.07. The van der Waals surface area contributed by atoms with Crippen molar-refractivity contribution in [2.45, 2.75) is 13.5 Å². The number of nitrogens with zero attached hydrogens (tertiary/aromatic N) is 3. The van der Waals surface area contributed by atoms with Crippen molar-refractivity contribution in [2.24, 2.45) is 0 Å². The predicted molar refractivity (Wildman–Crippen MR) is 82.2 cm³/mol. The van der Waals surface area contributed by atoms with E-state index in [1.54, 1.807) is 14.0 Å². The van der Waals surface area contributed by atoms with Gasteiger partial charge in [0.1, 0.15) is 5.75 Å². The molecule has 0 unspecified atom stereocenters. The molecular weight excluding hydrogens is 288 g/mol. The van der Waals surface area contributed by atoms with Gasteiger partial charge in [-0.05, 0) is 24.6 Å². The summed E-state index contributed by atoms with van der Waals surface area (Å²) in [5.41, 5.74) is 1.64. The first-order chi connectivity index (χ1) is 10.2. The highest BCUT2D eigenvalue weighted by atomic mass is 32.1. The SMILES string of the molecule is COc1ccc(CNc2nn3c(=O)cc(C)nc3s2)cc1. The summed E-state index contributed by atoms with van der Waals surface area (Å²) in [6, 6.07) is 9.25. The van der Waals surface area contributed by atoms with Gasteiger partial charge in [-0.15, -0.1) is 5.10 Å². The number of benzene rings is 1. The zero-order valence-corrected chi connectivity index (χ0v) is 12.5. The van der Waals surface area contributed by atoms with Gasteiger partial charge in [0.05, 0.1) is 7.11 Å². The first-order valence-electron chi connectivity index (χ1n) is 6.40. The van der Waals surface area contributed by atoms with Crippen LogP contribution in [0.25, 0.3) is 4.96 Å². The van der Waals surface area contributed by atoms with Crippen molar-refractivity contribution in [3.63, 3.8) is 0 Å². The van der Waals surface area contributed by atoms with Gasteiger partial charge in [-0.3, -0.25) is 4.79 Å². The molecule has 2 heterocycles. The zero-order chi connectivity index (χ0) is 14.8. The number of hydrogen-bond acceptors (Lipinski definition) is 6. The van der Waals surface area contributed by atoms with E-state index >= 15 is 0 Å². The van der Waals surface area contributed by atoms with Gasteiger partial charge in [-0.1, -0.05) is 23.5 Å². The minimum absolute atomic E-state index is 0.161. The number of nitrogens with one attached hydrogen (secondary N) is 1. The standard InChI is InChI=1S/C14H14N4O2S/c1-9-7-12(19)18-14(16-9)21-13(17-18)15-8-10-3-5-11(20-2)6-4-10/h3-7H,8H2,1-2H3,(H,15,17). The molecule has 3 aromatic rings. The van der Waals surface area contributed by atoms with Gasteiger partial charge in [-0.2, -0.15) is 4.52 Å². The maximum absolute atomic E-state index is 11.8. The van der Waals surface area contributed by atoms with E-state index in [4.69, 9.17) is 4.74 Å². The summed E-state index contributed by atoms with van der Waals surface area (Å²) in [5, 5.41) is 8.10. The maximum Gasteiger partial charge on any atom is 0.275 e. The molecule has 1 N–H and O–H groups in total. The molecule has 0 amide bonds. The highest BCUT2D eigenvalue weighted by Crippen LogP contribution is 2.18. The van der Waals surface area contributed by atoms with Gasteiger partial charge >= 0.3 is 0 Å².